The van der Waals surface area contributed by atoms with Crippen molar-refractivity contribution in [3.05, 3.63) is 95.3 Å². The highest BCUT2D eigenvalue weighted by Gasteiger charge is 2.23. The largest absolute Gasteiger partial charge is 0.326 e. The highest BCUT2D eigenvalue weighted by Crippen LogP contribution is 2.35. The first kappa shape index (κ1) is 18.3. The first-order valence-corrected chi connectivity index (χ1v) is 9.92. The van der Waals surface area contributed by atoms with Gasteiger partial charge in [0.05, 0.1) is 11.2 Å². The van der Waals surface area contributed by atoms with Crippen LogP contribution in [0.5, 0.6) is 0 Å². The van der Waals surface area contributed by atoms with Crippen LogP contribution in [0.25, 0.3) is 10.9 Å². The number of amides is 1. The minimum atomic E-state index is -0.454. The van der Waals surface area contributed by atoms with Crippen LogP contribution in [0.1, 0.15) is 21.5 Å². The summed E-state index contributed by atoms with van der Waals surface area (Å²) in [6, 6.07) is 22.0. The molecular weight excluding hydrogens is 377 g/mol. The Hall–Kier alpha value is -3.73. The molecule has 1 N–H and O–H groups in total. The summed E-state index contributed by atoms with van der Waals surface area (Å²) in [4.78, 5) is 19.6. The Morgan fingerprint density at radius 1 is 1.03 bits per heavy atom. The third kappa shape index (κ3) is 3.28. The van der Waals surface area contributed by atoms with Gasteiger partial charge in [-0.3, -0.25) is 4.79 Å². The summed E-state index contributed by atoms with van der Waals surface area (Å²) in [6.07, 6.45) is 0.932. The van der Waals surface area contributed by atoms with Gasteiger partial charge in [-0.2, -0.15) is 0 Å². The fourth-order valence-corrected chi connectivity index (χ4v) is 3.87. The lowest BCUT2D eigenvalue weighted by atomic mass is 10.1. The number of hydrogen-bond donors (Lipinski definition) is 1. The predicted molar refractivity (Wildman–Crippen MR) is 118 cm³/mol. The minimum Gasteiger partial charge on any atom is -0.326 e. The summed E-state index contributed by atoms with van der Waals surface area (Å²) in [5.41, 5.74) is 5.03. The van der Waals surface area contributed by atoms with Crippen LogP contribution in [-0.2, 0) is 6.42 Å². The predicted octanol–water partition coefficient (Wildman–Crippen LogP) is 5.63. The maximum absolute atomic E-state index is 13.8. The summed E-state index contributed by atoms with van der Waals surface area (Å²) in [7, 11) is 0. The number of rotatable bonds is 3. The van der Waals surface area contributed by atoms with Crippen molar-refractivity contribution in [2.45, 2.75) is 13.3 Å². The van der Waals surface area contributed by atoms with E-state index in [1.807, 2.05) is 12.1 Å². The Balaban J connectivity index is 1.40. The lowest BCUT2D eigenvalue weighted by Gasteiger charge is -2.19. The maximum Gasteiger partial charge on any atom is 0.255 e. The van der Waals surface area contributed by atoms with Gasteiger partial charge in [-0.1, -0.05) is 24.3 Å². The molecule has 5 heteroatoms. The average Bonchev–Trinajstić information content (AvgIpc) is 3.16. The topological polar surface area (TPSA) is 45.2 Å². The first-order valence-electron chi connectivity index (χ1n) is 9.92. The van der Waals surface area contributed by atoms with Crippen LogP contribution in [0.15, 0.2) is 72.8 Å². The quantitative estimate of drug-likeness (QED) is 0.487. The molecule has 1 amide bonds. The molecule has 5 rings (SSSR count). The van der Waals surface area contributed by atoms with E-state index < -0.39 is 5.82 Å². The summed E-state index contributed by atoms with van der Waals surface area (Å²) in [5, 5.41) is 3.77. The van der Waals surface area contributed by atoms with Gasteiger partial charge in [0.2, 0.25) is 0 Å². The number of fused-ring (bicyclic) bond motifs is 2. The van der Waals surface area contributed by atoms with Crippen molar-refractivity contribution in [3.63, 3.8) is 0 Å². The SMILES string of the molecule is Cc1ccc2cc3c(nc2c1)N(c1ccc(C(=O)Nc2ccccc2F)cc1)CC3. The van der Waals surface area contributed by atoms with E-state index in [9.17, 15) is 9.18 Å². The van der Waals surface area contributed by atoms with Gasteiger partial charge in [-0.15, -0.1) is 0 Å². The van der Waals surface area contributed by atoms with Crippen LogP contribution < -0.4 is 10.2 Å². The Morgan fingerprint density at radius 2 is 1.83 bits per heavy atom. The lowest BCUT2D eigenvalue weighted by molar-refractivity contribution is 0.102. The van der Waals surface area contributed by atoms with Crippen molar-refractivity contribution in [1.29, 1.82) is 0 Å². The number of hydrogen-bond acceptors (Lipinski definition) is 3. The Morgan fingerprint density at radius 3 is 2.63 bits per heavy atom. The number of halogens is 1. The Kier molecular flexibility index (Phi) is 4.43. The number of aryl methyl sites for hydroxylation is 1. The van der Waals surface area contributed by atoms with E-state index in [2.05, 4.69) is 41.4 Å². The zero-order valence-corrected chi connectivity index (χ0v) is 16.5. The zero-order chi connectivity index (χ0) is 20.7. The third-order valence-electron chi connectivity index (χ3n) is 5.45. The molecule has 148 valence electrons. The number of pyridine rings is 1. The molecule has 0 saturated heterocycles. The second kappa shape index (κ2) is 7.26. The Labute approximate surface area is 174 Å². The number of anilines is 3. The number of aromatic nitrogens is 1. The summed E-state index contributed by atoms with van der Waals surface area (Å²) >= 11 is 0. The van der Waals surface area contributed by atoms with Gasteiger partial charge in [0.15, 0.2) is 0 Å². The van der Waals surface area contributed by atoms with E-state index in [-0.39, 0.29) is 11.6 Å². The van der Waals surface area contributed by atoms with Crippen molar-refractivity contribution in [1.82, 2.24) is 4.98 Å². The summed E-state index contributed by atoms with van der Waals surface area (Å²) in [6.45, 7) is 2.91. The summed E-state index contributed by atoms with van der Waals surface area (Å²) < 4.78 is 13.8. The molecule has 3 aromatic carbocycles. The number of nitrogens with one attached hydrogen (secondary N) is 1. The molecule has 4 aromatic rings. The molecule has 0 bridgehead atoms. The van der Waals surface area contributed by atoms with Crippen molar-refractivity contribution in [3.8, 4) is 0 Å². The number of benzene rings is 3. The number of nitrogens with zero attached hydrogens (tertiary/aromatic N) is 2. The highest BCUT2D eigenvalue weighted by molar-refractivity contribution is 6.04. The molecule has 0 fully saturated rings. The standard InChI is InChI=1S/C25H20FN3O/c1-16-6-7-18-15-19-12-13-29(24(19)27-23(18)14-16)20-10-8-17(9-11-20)25(30)28-22-5-3-2-4-21(22)26/h2-11,14-15H,12-13H2,1H3,(H,28,30). The molecule has 30 heavy (non-hydrogen) atoms. The molecule has 0 aliphatic carbocycles. The van der Waals surface area contributed by atoms with E-state index >= 15 is 0 Å². The molecule has 4 nitrogen and oxygen atoms in total. The molecule has 0 spiro atoms. The number of carbonyl (C=O) groups is 1. The second-order valence-electron chi connectivity index (χ2n) is 7.55. The Bertz CT molecular complexity index is 1270. The van der Waals surface area contributed by atoms with Crippen LogP contribution in [-0.4, -0.2) is 17.4 Å². The first-order chi connectivity index (χ1) is 14.6. The molecule has 0 saturated carbocycles. The lowest BCUT2D eigenvalue weighted by Crippen LogP contribution is -2.16. The van der Waals surface area contributed by atoms with Crippen molar-refractivity contribution < 1.29 is 9.18 Å². The second-order valence-corrected chi connectivity index (χ2v) is 7.55. The molecule has 0 atom stereocenters. The van der Waals surface area contributed by atoms with E-state index in [1.165, 1.54) is 17.2 Å². The van der Waals surface area contributed by atoms with Gasteiger partial charge in [0, 0.05) is 23.2 Å². The molecule has 1 aliphatic heterocycles. The fourth-order valence-electron chi connectivity index (χ4n) is 3.87. The molecule has 0 unspecified atom stereocenters. The third-order valence-corrected chi connectivity index (χ3v) is 5.45. The van der Waals surface area contributed by atoms with Crippen molar-refractivity contribution in [2.75, 3.05) is 16.8 Å². The van der Waals surface area contributed by atoms with E-state index in [1.54, 1.807) is 30.3 Å². The van der Waals surface area contributed by atoms with E-state index in [0.717, 1.165) is 35.4 Å². The molecular formula is C25H20FN3O. The number of para-hydroxylation sites is 1. The van der Waals surface area contributed by atoms with Crippen LogP contribution in [0.3, 0.4) is 0 Å². The van der Waals surface area contributed by atoms with Gasteiger partial charge in [0.25, 0.3) is 5.91 Å². The number of carbonyl (C=O) groups excluding carboxylic acids is 1. The minimum absolute atomic E-state index is 0.173. The maximum atomic E-state index is 13.8. The van der Waals surface area contributed by atoms with Crippen molar-refractivity contribution >= 4 is 34.0 Å². The molecule has 2 heterocycles. The summed E-state index contributed by atoms with van der Waals surface area (Å²) in [5.74, 6) is 0.175. The average molecular weight is 397 g/mol. The van der Waals surface area contributed by atoms with Gasteiger partial charge >= 0.3 is 0 Å². The molecule has 0 radical (unpaired) electrons. The van der Waals surface area contributed by atoms with E-state index in [4.69, 9.17) is 4.98 Å². The van der Waals surface area contributed by atoms with Crippen LogP contribution in [0, 0.1) is 12.7 Å². The monoisotopic (exact) mass is 397 g/mol. The van der Waals surface area contributed by atoms with Crippen LogP contribution in [0.4, 0.5) is 21.6 Å². The zero-order valence-electron chi connectivity index (χ0n) is 16.5. The van der Waals surface area contributed by atoms with Crippen LogP contribution in [0.2, 0.25) is 0 Å². The van der Waals surface area contributed by atoms with Crippen molar-refractivity contribution in [2.24, 2.45) is 0 Å². The van der Waals surface area contributed by atoms with Gasteiger partial charge in [-0.05, 0) is 73.0 Å². The highest BCUT2D eigenvalue weighted by atomic mass is 19.1. The smallest absolute Gasteiger partial charge is 0.255 e. The fraction of sp³-hybridized carbons (Fsp3) is 0.120. The normalized spacial score (nSPS) is 12.8. The molecule has 1 aromatic heterocycles. The van der Waals surface area contributed by atoms with Gasteiger partial charge in [-0.25, -0.2) is 9.37 Å². The van der Waals surface area contributed by atoms with E-state index in [0.29, 0.717) is 5.56 Å². The molecule has 1 aliphatic rings. The van der Waals surface area contributed by atoms with Gasteiger partial charge in [0.1, 0.15) is 11.6 Å². The van der Waals surface area contributed by atoms with Crippen LogP contribution >= 0.6 is 0 Å². The van der Waals surface area contributed by atoms with Gasteiger partial charge < -0.3 is 10.2 Å².